The molecule has 0 saturated heterocycles. The van der Waals surface area contributed by atoms with Gasteiger partial charge in [0.2, 0.25) is 0 Å². The largest absolute Gasteiger partial charge is 0.272 e. The fourth-order valence-corrected chi connectivity index (χ4v) is 2.81. The first-order valence-corrected chi connectivity index (χ1v) is 7.23. The predicted octanol–water partition coefficient (Wildman–Crippen LogP) is 2.85. The van der Waals surface area contributed by atoms with E-state index in [2.05, 4.69) is 0 Å². The average molecular weight is 234 g/mol. The van der Waals surface area contributed by atoms with Gasteiger partial charge in [0.05, 0.1) is 10.9 Å². The lowest BCUT2D eigenvalue weighted by atomic mass is 9.98. The van der Waals surface area contributed by atoms with Gasteiger partial charge < -0.3 is 0 Å². The van der Waals surface area contributed by atoms with Crippen molar-refractivity contribution < 1.29 is 12.6 Å². The van der Waals surface area contributed by atoms with Gasteiger partial charge in [-0.25, -0.2) is 0 Å². The summed E-state index contributed by atoms with van der Waals surface area (Å²) in [4.78, 5) is 0. The zero-order valence-electron chi connectivity index (χ0n) is 9.95. The van der Waals surface area contributed by atoms with E-state index in [4.69, 9.17) is 4.18 Å². The molecule has 4 heteroatoms. The lowest BCUT2D eigenvalue weighted by Gasteiger charge is -2.28. The molecule has 0 aromatic carbocycles. The third-order valence-electron chi connectivity index (χ3n) is 3.34. The van der Waals surface area contributed by atoms with Crippen LogP contribution in [0.25, 0.3) is 0 Å². The summed E-state index contributed by atoms with van der Waals surface area (Å²) in [6, 6.07) is 0. The topological polar surface area (TPSA) is 43.4 Å². The van der Waals surface area contributed by atoms with Crippen molar-refractivity contribution in [3.8, 4) is 0 Å². The minimum absolute atomic E-state index is 0.0745. The van der Waals surface area contributed by atoms with Crippen molar-refractivity contribution in [3.63, 3.8) is 0 Å². The van der Waals surface area contributed by atoms with E-state index in [0.717, 1.165) is 25.7 Å². The van der Waals surface area contributed by atoms with Gasteiger partial charge in [-0.1, -0.05) is 26.2 Å². The standard InChI is InChI=1S/C11H22O3S/c1-4-11(2,3)15(12,13)14-10-8-6-5-7-9-10/h10H,4-9H2,1-3H3. The van der Waals surface area contributed by atoms with Crippen molar-refractivity contribution in [2.45, 2.75) is 70.1 Å². The van der Waals surface area contributed by atoms with E-state index >= 15 is 0 Å². The van der Waals surface area contributed by atoms with E-state index in [1.54, 1.807) is 13.8 Å². The summed E-state index contributed by atoms with van der Waals surface area (Å²) < 4.78 is 28.4. The molecule has 1 saturated carbocycles. The Labute approximate surface area is 93.3 Å². The second-order valence-electron chi connectivity index (χ2n) is 4.92. The fraction of sp³-hybridized carbons (Fsp3) is 1.00. The summed E-state index contributed by atoms with van der Waals surface area (Å²) in [6.07, 6.45) is 5.67. The lowest BCUT2D eigenvalue weighted by molar-refractivity contribution is 0.156. The van der Waals surface area contributed by atoms with Crippen LogP contribution in [0, 0.1) is 0 Å². The summed E-state index contributed by atoms with van der Waals surface area (Å²) in [5, 5.41) is 0. The van der Waals surface area contributed by atoms with Crippen LogP contribution in [0.2, 0.25) is 0 Å². The summed E-state index contributed by atoms with van der Waals surface area (Å²) in [5.74, 6) is 0. The molecule has 1 aliphatic rings. The summed E-state index contributed by atoms with van der Waals surface area (Å²) >= 11 is 0. The maximum absolute atomic E-state index is 11.9. The molecule has 1 aliphatic carbocycles. The highest BCUT2D eigenvalue weighted by Crippen LogP contribution is 2.28. The first-order chi connectivity index (χ1) is 6.89. The SMILES string of the molecule is CCC(C)(C)S(=O)(=O)OC1CCCCC1. The molecule has 1 rings (SSSR count). The highest BCUT2D eigenvalue weighted by Gasteiger charge is 2.35. The zero-order chi connectivity index (χ0) is 11.5. The first-order valence-electron chi connectivity index (χ1n) is 5.82. The van der Waals surface area contributed by atoms with Crippen LogP contribution >= 0.6 is 0 Å². The third kappa shape index (κ3) is 3.18. The summed E-state index contributed by atoms with van der Waals surface area (Å²) in [7, 11) is -3.41. The Morgan fingerprint density at radius 1 is 1.20 bits per heavy atom. The molecule has 0 spiro atoms. The molecule has 90 valence electrons. The lowest BCUT2D eigenvalue weighted by Crippen LogP contribution is -2.36. The average Bonchev–Trinajstić information content (AvgIpc) is 2.18. The van der Waals surface area contributed by atoms with E-state index in [-0.39, 0.29) is 6.10 Å². The van der Waals surface area contributed by atoms with Gasteiger partial charge >= 0.3 is 0 Å². The second kappa shape index (κ2) is 4.83. The Morgan fingerprint density at radius 3 is 2.20 bits per heavy atom. The molecular formula is C11H22O3S. The molecule has 0 aromatic heterocycles. The summed E-state index contributed by atoms with van der Waals surface area (Å²) in [6.45, 7) is 5.33. The van der Waals surface area contributed by atoms with Gasteiger partial charge in [0.1, 0.15) is 0 Å². The predicted molar refractivity (Wildman–Crippen MR) is 61.2 cm³/mol. The molecule has 0 bridgehead atoms. The number of hydrogen-bond donors (Lipinski definition) is 0. The van der Waals surface area contributed by atoms with Gasteiger partial charge in [-0.2, -0.15) is 8.42 Å². The van der Waals surface area contributed by atoms with Gasteiger partial charge in [0.15, 0.2) is 0 Å². The minimum Gasteiger partial charge on any atom is -0.266 e. The van der Waals surface area contributed by atoms with Crippen LogP contribution in [-0.2, 0) is 14.3 Å². The first kappa shape index (κ1) is 13.0. The van der Waals surface area contributed by atoms with Crippen LogP contribution in [0.1, 0.15) is 59.3 Å². The monoisotopic (exact) mass is 234 g/mol. The van der Waals surface area contributed by atoms with E-state index in [1.165, 1.54) is 6.42 Å². The van der Waals surface area contributed by atoms with Gasteiger partial charge in [0, 0.05) is 0 Å². The Balaban J connectivity index is 2.63. The van der Waals surface area contributed by atoms with Gasteiger partial charge in [-0.15, -0.1) is 0 Å². The van der Waals surface area contributed by atoms with Crippen molar-refractivity contribution in [2.75, 3.05) is 0 Å². The van der Waals surface area contributed by atoms with Crippen molar-refractivity contribution in [2.24, 2.45) is 0 Å². The zero-order valence-corrected chi connectivity index (χ0v) is 10.8. The van der Waals surface area contributed by atoms with Crippen LogP contribution in [0.3, 0.4) is 0 Å². The molecule has 0 unspecified atom stereocenters. The Morgan fingerprint density at radius 2 is 1.73 bits per heavy atom. The van der Waals surface area contributed by atoms with Crippen LogP contribution in [0.15, 0.2) is 0 Å². The molecule has 0 heterocycles. The smallest absolute Gasteiger partial charge is 0.266 e. The van der Waals surface area contributed by atoms with E-state index in [1.807, 2.05) is 6.92 Å². The van der Waals surface area contributed by atoms with Crippen molar-refractivity contribution in [3.05, 3.63) is 0 Å². The van der Waals surface area contributed by atoms with E-state index < -0.39 is 14.9 Å². The second-order valence-corrected chi connectivity index (χ2v) is 7.13. The van der Waals surface area contributed by atoms with Crippen LogP contribution in [-0.4, -0.2) is 19.3 Å². The Kier molecular flexibility index (Phi) is 4.18. The maximum Gasteiger partial charge on any atom is 0.272 e. The third-order valence-corrected chi connectivity index (χ3v) is 5.51. The molecule has 0 aromatic rings. The molecule has 15 heavy (non-hydrogen) atoms. The molecule has 0 N–H and O–H groups in total. The highest BCUT2D eigenvalue weighted by atomic mass is 32.2. The van der Waals surface area contributed by atoms with Crippen LogP contribution in [0.5, 0.6) is 0 Å². The fourth-order valence-electron chi connectivity index (χ4n) is 1.65. The number of hydrogen-bond acceptors (Lipinski definition) is 3. The number of rotatable bonds is 4. The molecule has 0 amide bonds. The maximum atomic E-state index is 11.9. The molecule has 0 atom stereocenters. The normalized spacial score (nSPS) is 20.5. The van der Waals surface area contributed by atoms with Gasteiger partial charge in [-0.05, 0) is 33.1 Å². The van der Waals surface area contributed by atoms with E-state index in [9.17, 15) is 8.42 Å². The quantitative estimate of drug-likeness (QED) is 0.702. The minimum atomic E-state index is -3.41. The summed E-state index contributed by atoms with van der Waals surface area (Å²) in [5.41, 5.74) is 0. The molecular weight excluding hydrogens is 212 g/mol. The Bertz CT molecular complexity index is 287. The molecule has 1 fully saturated rings. The van der Waals surface area contributed by atoms with E-state index in [0.29, 0.717) is 6.42 Å². The van der Waals surface area contributed by atoms with Crippen LogP contribution < -0.4 is 0 Å². The van der Waals surface area contributed by atoms with Gasteiger partial charge in [0.25, 0.3) is 10.1 Å². The Hall–Kier alpha value is -0.0900. The van der Waals surface area contributed by atoms with Crippen LogP contribution in [0.4, 0.5) is 0 Å². The van der Waals surface area contributed by atoms with Gasteiger partial charge in [-0.3, -0.25) is 4.18 Å². The molecule has 3 nitrogen and oxygen atoms in total. The highest BCUT2D eigenvalue weighted by molar-refractivity contribution is 7.88. The van der Waals surface area contributed by atoms with Crippen molar-refractivity contribution >= 4 is 10.1 Å². The van der Waals surface area contributed by atoms with Crippen molar-refractivity contribution in [1.82, 2.24) is 0 Å². The molecule has 0 aliphatic heterocycles. The van der Waals surface area contributed by atoms with Crippen molar-refractivity contribution in [1.29, 1.82) is 0 Å². The molecule has 0 radical (unpaired) electrons.